The number of ether oxygens (including phenoxy) is 2. The van der Waals surface area contributed by atoms with Crippen LogP contribution in [0.2, 0.25) is 5.02 Å². The number of carbonyl (C=O) groups excluding carboxylic acids is 2. The fourth-order valence-electron chi connectivity index (χ4n) is 4.55. The van der Waals surface area contributed by atoms with Crippen molar-refractivity contribution < 1.29 is 19.1 Å². The van der Waals surface area contributed by atoms with Crippen LogP contribution in [-0.4, -0.2) is 62.6 Å². The average molecular weight is 557 g/mol. The molecule has 212 valence electrons. The Kier molecular flexibility index (Phi) is 12.0. The van der Waals surface area contributed by atoms with Crippen molar-refractivity contribution >= 4 is 29.2 Å². The van der Waals surface area contributed by atoms with Crippen LogP contribution in [0.5, 0.6) is 11.5 Å². The van der Waals surface area contributed by atoms with Crippen LogP contribution in [0, 0.1) is 0 Å². The summed E-state index contributed by atoms with van der Waals surface area (Å²) in [6.07, 6.45) is 8.12. The SMILES string of the molecule is CCCCCOc1cc(NC(=O)N2CCC[C@@H]2c2ccccc2Cl)c(CNC(=O)/C=C/CN(C)C)cc1OC. The molecule has 1 heterocycles. The Bertz CT molecular complexity index is 1140. The molecule has 1 aliphatic heterocycles. The number of nitrogens with zero attached hydrogens (tertiary/aromatic N) is 2. The lowest BCUT2D eigenvalue weighted by molar-refractivity contribution is -0.116. The summed E-state index contributed by atoms with van der Waals surface area (Å²) in [6.45, 7) is 4.18. The van der Waals surface area contributed by atoms with E-state index in [0.29, 0.717) is 47.5 Å². The summed E-state index contributed by atoms with van der Waals surface area (Å²) in [6, 6.07) is 10.9. The zero-order valence-corrected chi connectivity index (χ0v) is 24.2. The Balaban J connectivity index is 1.83. The molecule has 9 heteroatoms. The monoisotopic (exact) mass is 556 g/mol. The second-order valence-corrected chi connectivity index (χ2v) is 10.3. The molecular weight excluding hydrogens is 516 g/mol. The van der Waals surface area contributed by atoms with Gasteiger partial charge in [0.1, 0.15) is 0 Å². The lowest BCUT2D eigenvalue weighted by Gasteiger charge is -2.27. The number of urea groups is 1. The first-order valence-electron chi connectivity index (χ1n) is 13.6. The summed E-state index contributed by atoms with van der Waals surface area (Å²) in [5.41, 5.74) is 2.22. The summed E-state index contributed by atoms with van der Waals surface area (Å²) >= 11 is 6.47. The minimum absolute atomic E-state index is 0.105. The number of halogens is 1. The molecule has 2 N–H and O–H groups in total. The van der Waals surface area contributed by atoms with Crippen LogP contribution in [0.4, 0.5) is 10.5 Å². The van der Waals surface area contributed by atoms with E-state index in [1.54, 1.807) is 19.3 Å². The molecule has 2 aromatic rings. The minimum Gasteiger partial charge on any atom is -0.493 e. The number of carbonyl (C=O) groups is 2. The third kappa shape index (κ3) is 8.90. The van der Waals surface area contributed by atoms with Crippen LogP contribution >= 0.6 is 11.6 Å². The van der Waals surface area contributed by atoms with Crippen LogP contribution in [0.15, 0.2) is 48.6 Å². The van der Waals surface area contributed by atoms with Gasteiger partial charge < -0.3 is 29.9 Å². The molecule has 1 atom stereocenters. The van der Waals surface area contributed by atoms with E-state index in [1.807, 2.05) is 54.2 Å². The van der Waals surface area contributed by atoms with Crippen LogP contribution < -0.4 is 20.1 Å². The highest BCUT2D eigenvalue weighted by Crippen LogP contribution is 2.38. The maximum atomic E-state index is 13.6. The maximum absolute atomic E-state index is 13.6. The molecule has 0 bridgehead atoms. The number of rotatable bonds is 13. The number of hydrogen-bond acceptors (Lipinski definition) is 5. The molecule has 3 amide bonds. The minimum atomic E-state index is -0.224. The maximum Gasteiger partial charge on any atom is 0.322 e. The lowest BCUT2D eigenvalue weighted by atomic mass is 10.0. The number of hydrogen-bond donors (Lipinski definition) is 2. The van der Waals surface area contributed by atoms with E-state index in [-0.39, 0.29) is 24.5 Å². The number of unbranched alkanes of at least 4 members (excludes halogenated alkanes) is 2. The van der Waals surface area contributed by atoms with Crippen molar-refractivity contribution in [3.63, 3.8) is 0 Å². The summed E-state index contributed by atoms with van der Waals surface area (Å²) in [7, 11) is 5.45. The Morgan fingerprint density at radius 2 is 1.97 bits per heavy atom. The average Bonchev–Trinajstić information content (AvgIpc) is 3.40. The molecule has 1 fully saturated rings. The van der Waals surface area contributed by atoms with Gasteiger partial charge in [0.05, 0.1) is 25.4 Å². The number of amides is 3. The number of likely N-dealkylation sites (N-methyl/N-ethyl adjacent to an activating group) is 1. The highest BCUT2D eigenvalue weighted by atomic mass is 35.5. The summed E-state index contributed by atoms with van der Waals surface area (Å²) in [4.78, 5) is 29.8. The predicted octanol–water partition coefficient (Wildman–Crippen LogP) is 6.02. The molecule has 2 aromatic carbocycles. The van der Waals surface area contributed by atoms with E-state index in [9.17, 15) is 9.59 Å². The van der Waals surface area contributed by atoms with E-state index in [2.05, 4.69) is 17.6 Å². The van der Waals surface area contributed by atoms with Gasteiger partial charge in [0.25, 0.3) is 0 Å². The van der Waals surface area contributed by atoms with Gasteiger partial charge >= 0.3 is 6.03 Å². The van der Waals surface area contributed by atoms with Gasteiger partial charge in [-0.25, -0.2) is 4.79 Å². The lowest BCUT2D eigenvalue weighted by Crippen LogP contribution is -2.35. The van der Waals surface area contributed by atoms with Crippen molar-refractivity contribution in [1.29, 1.82) is 0 Å². The van der Waals surface area contributed by atoms with Crippen molar-refractivity contribution in [3.8, 4) is 11.5 Å². The number of methoxy groups -OCH3 is 1. The first kappa shape index (κ1) is 30.3. The molecule has 8 nitrogen and oxygen atoms in total. The third-order valence-corrected chi connectivity index (χ3v) is 6.95. The Morgan fingerprint density at radius 3 is 2.69 bits per heavy atom. The first-order valence-corrected chi connectivity index (χ1v) is 14.0. The highest BCUT2D eigenvalue weighted by molar-refractivity contribution is 6.31. The van der Waals surface area contributed by atoms with Gasteiger partial charge in [-0.2, -0.15) is 0 Å². The van der Waals surface area contributed by atoms with Gasteiger partial charge in [-0.15, -0.1) is 0 Å². The molecule has 0 spiro atoms. The van der Waals surface area contributed by atoms with Gasteiger partial charge in [-0.1, -0.05) is 55.6 Å². The fourth-order valence-corrected chi connectivity index (χ4v) is 4.81. The fraction of sp³-hybridized carbons (Fsp3) is 0.467. The van der Waals surface area contributed by atoms with Gasteiger partial charge in [0.15, 0.2) is 11.5 Å². The number of benzene rings is 2. The summed E-state index contributed by atoms with van der Waals surface area (Å²) in [5.74, 6) is 0.882. The van der Waals surface area contributed by atoms with Crippen molar-refractivity contribution in [2.24, 2.45) is 0 Å². The van der Waals surface area contributed by atoms with E-state index in [0.717, 1.165) is 37.7 Å². The van der Waals surface area contributed by atoms with Crippen molar-refractivity contribution in [2.75, 3.05) is 46.2 Å². The quantitative estimate of drug-likeness (QED) is 0.233. The zero-order chi connectivity index (χ0) is 28.2. The molecule has 3 rings (SSSR count). The van der Waals surface area contributed by atoms with Crippen molar-refractivity contribution in [3.05, 3.63) is 64.7 Å². The Hall–Kier alpha value is -3.23. The topological polar surface area (TPSA) is 83.1 Å². The van der Waals surface area contributed by atoms with Crippen molar-refractivity contribution in [1.82, 2.24) is 15.1 Å². The molecule has 1 saturated heterocycles. The second kappa shape index (κ2) is 15.4. The third-order valence-electron chi connectivity index (χ3n) is 6.61. The van der Waals surface area contributed by atoms with E-state index in [4.69, 9.17) is 21.1 Å². The molecule has 0 saturated carbocycles. The Morgan fingerprint density at radius 1 is 1.18 bits per heavy atom. The molecular formula is C30H41ClN4O4. The van der Waals surface area contributed by atoms with Gasteiger partial charge in [-0.3, -0.25) is 4.79 Å². The number of nitrogens with one attached hydrogen (secondary N) is 2. The van der Waals surface area contributed by atoms with Crippen LogP contribution in [-0.2, 0) is 11.3 Å². The second-order valence-electron chi connectivity index (χ2n) is 9.90. The summed E-state index contributed by atoms with van der Waals surface area (Å²) < 4.78 is 11.6. The van der Waals surface area contributed by atoms with E-state index >= 15 is 0 Å². The molecule has 39 heavy (non-hydrogen) atoms. The van der Waals surface area contributed by atoms with Crippen LogP contribution in [0.1, 0.15) is 56.2 Å². The molecule has 0 aliphatic carbocycles. The molecule has 0 aromatic heterocycles. The smallest absolute Gasteiger partial charge is 0.322 e. The van der Waals surface area contributed by atoms with Gasteiger partial charge in [-0.05, 0) is 56.6 Å². The van der Waals surface area contributed by atoms with Crippen LogP contribution in [0.3, 0.4) is 0 Å². The standard InChI is InChI=1S/C30H41ClN4O4/c1-5-6-9-18-39-28-20-25(22(19-27(28)38-4)21-32-29(36)15-11-16-34(2)3)33-30(37)35-17-10-14-26(35)23-12-7-8-13-24(23)31/h7-8,11-13,15,19-20,26H,5-6,9-10,14,16-18,21H2,1-4H3,(H,32,36)(H,33,37)/b15-11+/t26-/m1/s1. The normalized spacial score (nSPS) is 15.1. The molecule has 1 aliphatic rings. The van der Waals surface area contributed by atoms with Crippen LogP contribution in [0.25, 0.3) is 0 Å². The molecule has 0 unspecified atom stereocenters. The predicted molar refractivity (Wildman–Crippen MR) is 157 cm³/mol. The van der Waals surface area contributed by atoms with E-state index in [1.165, 1.54) is 6.08 Å². The van der Waals surface area contributed by atoms with Gasteiger partial charge in [0, 0.05) is 36.8 Å². The first-order chi connectivity index (χ1) is 18.8. The zero-order valence-electron chi connectivity index (χ0n) is 23.5. The molecule has 0 radical (unpaired) electrons. The van der Waals surface area contributed by atoms with Gasteiger partial charge in [0.2, 0.25) is 5.91 Å². The number of likely N-dealkylation sites (tertiary alicyclic amines) is 1. The number of anilines is 1. The van der Waals surface area contributed by atoms with E-state index < -0.39 is 0 Å². The Labute approximate surface area is 237 Å². The largest absolute Gasteiger partial charge is 0.493 e. The van der Waals surface area contributed by atoms with Crippen molar-refractivity contribution in [2.45, 2.75) is 51.6 Å². The highest BCUT2D eigenvalue weighted by Gasteiger charge is 2.31. The summed E-state index contributed by atoms with van der Waals surface area (Å²) in [5, 5.41) is 6.64.